The van der Waals surface area contributed by atoms with Gasteiger partial charge in [-0.15, -0.1) is 67.3 Å². The zero-order valence-electron chi connectivity index (χ0n) is 48.3. The van der Waals surface area contributed by atoms with Crippen molar-refractivity contribution in [2.45, 2.75) is 9.79 Å². The zero-order chi connectivity index (χ0) is 75.4. The second-order valence-electron chi connectivity index (χ2n) is 17.4. The molecular weight excluding hydrogens is 1560 g/mol. The van der Waals surface area contributed by atoms with E-state index < -0.39 is 222 Å². The first-order chi connectivity index (χ1) is 45.8. The molecule has 0 unspecified atom stereocenters. The number of fused-ring (bicyclic) bond motifs is 3. The quantitative estimate of drug-likeness (QED) is 0.0408. The number of benzene rings is 10. The Bertz CT molecular complexity index is 5320. The van der Waals surface area contributed by atoms with E-state index in [9.17, 15) is 75.0 Å². The molecule has 0 saturated heterocycles. The third-order valence-corrected chi connectivity index (χ3v) is 13.3. The van der Waals surface area contributed by atoms with Gasteiger partial charge < -0.3 is 14.6 Å². The molecule has 0 bridgehead atoms. The first-order valence-corrected chi connectivity index (χ1v) is 30.9. The topological polar surface area (TPSA) is 352 Å². The Morgan fingerprint density at radius 2 is 0.624 bits per heavy atom. The van der Waals surface area contributed by atoms with Gasteiger partial charge in [0.1, 0.15) is 11.5 Å². The molecule has 0 atom stereocenters. The van der Waals surface area contributed by atoms with Gasteiger partial charge in [-0.1, -0.05) is 36.4 Å². The number of aromatic hydroxyl groups is 1. The van der Waals surface area contributed by atoms with E-state index in [0.29, 0.717) is 6.07 Å². The van der Waals surface area contributed by atoms with Crippen molar-refractivity contribution in [2.75, 3.05) is 0 Å². The minimum Gasteiger partial charge on any atom is -0.566 e. The number of rotatable bonds is 8. The minimum absolute atomic E-state index is 0. The molecule has 3 N–H and O–H groups in total. The molecule has 0 saturated carbocycles. The van der Waals surface area contributed by atoms with Crippen molar-refractivity contribution >= 4 is 95.0 Å². The summed E-state index contributed by atoms with van der Waals surface area (Å²) in [6, 6.07) is 27.7. The molecule has 0 aliphatic heterocycles. The van der Waals surface area contributed by atoms with Gasteiger partial charge in [0.2, 0.25) is 46.4 Å². The Kier molecular flexibility index (Phi) is 32.7. The van der Waals surface area contributed by atoms with Gasteiger partial charge in [-0.2, -0.15) is 70.8 Å². The number of phenols is 1. The molecule has 0 aliphatic carbocycles. The normalized spacial score (nSPS) is 10.5. The Hall–Kier alpha value is -8.58. The van der Waals surface area contributed by atoms with Crippen LogP contribution in [0.1, 0.15) is 0 Å². The smallest absolute Gasteiger partial charge is 0.566 e. The maximum absolute atomic E-state index is 15.4. The van der Waals surface area contributed by atoms with Crippen LogP contribution in [0.5, 0.6) is 28.7 Å². The molecule has 10 aromatic carbocycles. The molecule has 10 aromatic rings. The standard InChI is InChI=1S/C32H14F8O8S2.C12F10.C10H6O.2Na.4O3S/c33-23-21(24(34)28(38)31(27(23)37)47-19-7-3-5-14-10-15(49(41,42)43)8-9-18(14)19)22-25(35)29(39)32(30(40)26(22)36)48-20-12-16(50(44,45)46)11-13-4-1-2-6-17(13)20;13-3-1(4(14)8(18)11(21)7(3)17)2-5(15)9(19)12(22)10(20)6(2)16;11-10-7-3-5-8-4-1-2-6-9(8)10;;;4*1-4(2)3/h1-12H,(H,41,42,43)(H,44,45,46);;2,4-7,11H;;;;;;/q;;-2;2*+1;;;;. The molecule has 10 rings (SSSR count). The van der Waals surface area contributed by atoms with E-state index in [1.165, 1.54) is 36.4 Å². The maximum Gasteiger partial charge on any atom is 1.00 e. The van der Waals surface area contributed by atoms with Crippen molar-refractivity contribution in [1.82, 2.24) is 0 Å². The van der Waals surface area contributed by atoms with Crippen LogP contribution in [0.15, 0.2) is 113 Å². The third-order valence-electron chi connectivity index (χ3n) is 11.6. The third kappa shape index (κ3) is 22.0. The van der Waals surface area contributed by atoms with Crippen molar-refractivity contribution in [2.24, 2.45) is 0 Å². The predicted octanol–water partition coefficient (Wildman–Crippen LogP) is 5.73. The van der Waals surface area contributed by atoms with E-state index >= 15 is 35.1 Å². The van der Waals surface area contributed by atoms with Crippen molar-refractivity contribution in [3.05, 3.63) is 220 Å². The Morgan fingerprint density at radius 3 is 0.990 bits per heavy atom. The van der Waals surface area contributed by atoms with Crippen LogP contribution in [0.4, 0.5) is 79.0 Å². The van der Waals surface area contributed by atoms with E-state index in [1.807, 2.05) is 18.2 Å². The van der Waals surface area contributed by atoms with Crippen LogP contribution in [0.25, 0.3) is 54.6 Å². The molecule has 0 aromatic heterocycles. The zero-order valence-corrected chi connectivity index (χ0v) is 57.2. The molecule has 101 heavy (non-hydrogen) atoms. The largest absolute Gasteiger partial charge is 1.00 e. The van der Waals surface area contributed by atoms with Crippen LogP contribution in [-0.2, 0) is 62.7 Å². The molecule has 47 heteroatoms. The summed E-state index contributed by atoms with van der Waals surface area (Å²) in [5.74, 6) is -51.3. The van der Waals surface area contributed by atoms with Gasteiger partial charge in [0.05, 0.1) is 32.0 Å². The van der Waals surface area contributed by atoms with Gasteiger partial charge in [-0.25, -0.2) is 61.5 Å². The summed E-state index contributed by atoms with van der Waals surface area (Å²) >= 11 is 0. The number of ether oxygens (including phenoxy) is 2. The number of hydrogen-bond donors (Lipinski definition) is 3. The fourth-order valence-corrected chi connectivity index (χ4v) is 8.81. The molecule has 0 spiro atoms. The molecule has 0 radical (unpaired) electrons. The van der Waals surface area contributed by atoms with Crippen LogP contribution in [0.2, 0.25) is 0 Å². The summed E-state index contributed by atoms with van der Waals surface area (Å²) in [6.45, 7) is 0. The summed E-state index contributed by atoms with van der Waals surface area (Å²) in [6.07, 6.45) is 0. The molecule has 0 fully saturated rings. The fourth-order valence-electron chi connectivity index (χ4n) is 7.76. The van der Waals surface area contributed by atoms with E-state index in [-0.39, 0.29) is 86.4 Å². The second-order valence-corrected chi connectivity index (χ2v) is 21.9. The number of phenolic OH excluding ortho intramolecular Hbond substituents is 1. The van der Waals surface area contributed by atoms with Gasteiger partial charge in [0.15, 0.2) is 69.8 Å². The van der Waals surface area contributed by atoms with E-state index in [2.05, 4.69) is 12.1 Å². The summed E-state index contributed by atoms with van der Waals surface area (Å²) in [7, 11) is -22.1. The van der Waals surface area contributed by atoms with Gasteiger partial charge in [-0.3, -0.25) is 9.11 Å². The summed E-state index contributed by atoms with van der Waals surface area (Å²) in [5.41, 5.74) is -8.97. The monoisotopic (exact) mass is 1580 g/mol. The van der Waals surface area contributed by atoms with Crippen LogP contribution in [0.3, 0.4) is 0 Å². The van der Waals surface area contributed by atoms with Crippen LogP contribution < -0.4 is 68.6 Å². The Labute approximate surface area is 600 Å². The van der Waals surface area contributed by atoms with E-state index in [4.69, 9.17) is 60.0 Å². The SMILES string of the molecule is Fc1c(F)c(F)c(-c2c(F)c(F)c(F)c(F)c2F)c(F)c1F.O=S(=O)(O)c1ccc2c(Oc3c(F)c(F)c(-c4c(F)c(F)c(Oc5cc(S(=O)(=O)O)cc6ccccc56)c(F)c4F)c(F)c3F)cccc2c1.O=S(=O)=O.O=S(=O)=O.O=S(=O)=O.O=S(=O)=O.Oc1c[c-]cc2c[c-]ccc12.[Na+].[Na+]. The van der Waals surface area contributed by atoms with Gasteiger partial charge in [0.25, 0.3) is 20.2 Å². The number of halogens is 18. The van der Waals surface area contributed by atoms with E-state index in [1.54, 1.807) is 12.1 Å². The molecule has 0 heterocycles. The molecular formula is C54H20F18Na2O21S6. The summed E-state index contributed by atoms with van der Waals surface area (Å²) < 4.78 is 430. The number of hydrogen-bond acceptors (Lipinski definition) is 19. The fraction of sp³-hybridized carbons (Fsp3) is 0. The molecule has 21 nitrogen and oxygen atoms in total. The first kappa shape index (κ1) is 88.5. The average molecular weight is 1590 g/mol. The minimum atomic E-state index is -4.96. The molecule has 0 aliphatic rings. The van der Waals surface area contributed by atoms with Crippen molar-refractivity contribution in [3.63, 3.8) is 0 Å². The van der Waals surface area contributed by atoms with Gasteiger partial charge in [0, 0.05) is 16.8 Å². The molecule has 0 amide bonds. The van der Waals surface area contributed by atoms with Crippen molar-refractivity contribution < 1.29 is 229 Å². The average Bonchev–Trinajstić information content (AvgIpc) is 0.748. The van der Waals surface area contributed by atoms with Crippen LogP contribution in [-0.4, -0.2) is 81.6 Å². The summed E-state index contributed by atoms with van der Waals surface area (Å²) in [4.78, 5) is -1.44. The first-order valence-electron chi connectivity index (χ1n) is 24.0. The predicted molar refractivity (Wildman–Crippen MR) is 293 cm³/mol. The molecule has 526 valence electrons. The van der Waals surface area contributed by atoms with Crippen molar-refractivity contribution in [3.8, 4) is 51.0 Å². The van der Waals surface area contributed by atoms with Crippen LogP contribution >= 0.6 is 0 Å². The van der Waals surface area contributed by atoms with Gasteiger partial charge >= 0.3 is 102 Å². The van der Waals surface area contributed by atoms with Gasteiger partial charge in [-0.05, 0) is 46.9 Å². The second kappa shape index (κ2) is 37.4. The Balaban J connectivity index is 0.000000553. The maximum atomic E-state index is 15.4. The van der Waals surface area contributed by atoms with Crippen molar-refractivity contribution in [1.29, 1.82) is 0 Å². The summed E-state index contributed by atoms with van der Waals surface area (Å²) in [5, 5.41) is 11.0. The Morgan fingerprint density at radius 1 is 0.317 bits per heavy atom. The van der Waals surface area contributed by atoms with Crippen LogP contribution in [0, 0.1) is 117 Å². The van der Waals surface area contributed by atoms with E-state index in [0.717, 1.165) is 41.1 Å².